The van der Waals surface area contributed by atoms with Gasteiger partial charge in [-0.2, -0.15) is 0 Å². The second-order valence-electron chi connectivity index (χ2n) is 6.88. The Balaban J connectivity index is 1.40. The summed E-state index contributed by atoms with van der Waals surface area (Å²) < 4.78 is 11.1. The normalized spacial score (nSPS) is 33.1. The van der Waals surface area contributed by atoms with Crippen molar-refractivity contribution in [2.75, 3.05) is 6.61 Å². The van der Waals surface area contributed by atoms with E-state index in [0.717, 1.165) is 23.5 Å². The lowest BCUT2D eigenvalue weighted by Crippen LogP contribution is -2.30. The highest BCUT2D eigenvalue weighted by atomic mass is 16.5. The molecule has 22 heavy (non-hydrogen) atoms. The zero-order valence-corrected chi connectivity index (χ0v) is 13.0. The maximum Gasteiger partial charge on any atom is 0.203 e. The van der Waals surface area contributed by atoms with Crippen LogP contribution in [0.3, 0.4) is 0 Å². The molecule has 1 aromatic rings. The molecule has 118 valence electrons. The molecule has 1 heterocycles. The first kappa shape index (κ1) is 14.0. The molecule has 0 saturated heterocycles. The van der Waals surface area contributed by atoms with Crippen molar-refractivity contribution >= 4 is 0 Å². The topological polar surface area (TPSA) is 30.5 Å². The summed E-state index contributed by atoms with van der Waals surface area (Å²) in [6.07, 6.45) is 12.0. The van der Waals surface area contributed by atoms with Gasteiger partial charge in [-0.3, -0.25) is 0 Å². The van der Waals surface area contributed by atoms with Crippen molar-refractivity contribution in [2.24, 2.45) is 11.8 Å². The smallest absolute Gasteiger partial charge is 0.203 e. The largest absolute Gasteiger partial charge is 0.488 e. The number of hydrogen-bond donors (Lipinski definition) is 1. The Morgan fingerprint density at radius 2 is 1.68 bits per heavy atom. The molecule has 2 saturated carbocycles. The molecule has 1 N–H and O–H groups in total. The average Bonchev–Trinajstić information content (AvgIpc) is 3.06. The number of nitrogens with one attached hydrogen (secondary N) is 1. The molecular formula is C19H25NO2. The molecule has 0 radical (unpaired) electrons. The molecule has 1 aromatic carbocycles. The lowest BCUT2D eigenvalue weighted by Gasteiger charge is -2.43. The Labute approximate surface area is 132 Å². The zero-order valence-electron chi connectivity index (χ0n) is 13.0. The van der Waals surface area contributed by atoms with Crippen molar-refractivity contribution in [3.05, 3.63) is 42.3 Å². The predicted molar refractivity (Wildman–Crippen MR) is 86.5 cm³/mol. The predicted octanol–water partition coefficient (Wildman–Crippen LogP) is 4.17. The summed E-state index contributed by atoms with van der Waals surface area (Å²) in [5, 5.41) is 3.09. The van der Waals surface area contributed by atoms with E-state index in [1.54, 1.807) is 12.5 Å². The summed E-state index contributed by atoms with van der Waals surface area (Å²) in [6.45, 7) is 0.529. The van der Waals surface area contributed by atoms with Gasteiger partial charge in [0.2, 0.25) is 6.23 Å². The van der Waals surface area contributed by atoms with E-state index in [0.29, 0.717) is 6.61 Å². The Hall–Kier alpha value is -1.64. The number of benzene rings is 1. The highest BCUT2D eigenvalue weighted by Crippen LogP contribution is 2.49. The van der Waals surface area contributed by atoms with Gasteiger partial charge in [-0.05, 0) is 61.1 Å². The van der Waals surface area contributed by atoms with Gasteiger partial charge < -0.3 is 14.8 Å². The Bertz CT molecular complexity index is 495. The van der Waals surface area contributed by atoms with Gasteiger partial charge in [0.1, 0.15) is 18.6 Å². The number of ether oxygens (including phenoxy) is 2. The van der Waals surface area contributed by atoms with Crippen molar-refractivity contribution < 1.29 is 9.47 Å². The molecule has 3 nitrogen and oxygen atoms in total. The van der Waals surface area contributed by atoms with E-state index in [-0.39, 0.29) is 6.23 Å². The van der Waals surface area contributed by atoms with Crippen molar-refractivity contribution in [2.45, 2.75) is 50.7 Å². The second kappa shape index (κ2) is 6.23. The molecule has 1 atom stereocenters. The van der Waals surface area contributed by atoms with Gasteiger partial charge in [0.25, 0.3) is 0 Å². The number of fused-ring (bicyclic) bond motifs is 2. The van der Waals surface area contributed by atoms with E-state index < -0.39 is 0 Å². The first-order valence-electron chi connectivity index (χ1n) is 8.69. The van der Waals surface area contributed by atoms with Crippen molar-refractivity contribution in [3.63, 3.8) is 0 Å². The van der Waals surface area contributed by atoms with E-state index in [4.69, 9.17) is 9.47 Å². The third-order valence-corrected chi connectivity index (χ3v) is 5.57. The van der Waals surface area contributed by atoms with Crippen LogP contribution < -0.4 is 10.1 Å². The summed E-state index contributed by atoms with van der Waals surface area (Å²) in [5.41, 5.74) is 1.53. The van der Waals surface area contributed by atoms with Crippen LogP contribution in [0.2, 0.25) is 0 Å². The molecule has 0 amide bonds. The minimum Gasteiger partial charge on any atom is -0.488 e. The van der Waals surface area contributed by atoms with Crippen LogP contribution in [0, 0.1) is 11.8 Å². The van der Waals surface area contributed by atoms with Gasteiger partial charge in [-0.1, -0.05) is 25.0 Å². The van der Waals surface area contributed by atoms with Crippen LogP contribution >= 0.6 is 0 Å². The molecular weight excluding hydrogens is 274 g/mol. The molecule has 0 unspecified atom stereocenters. The molecule has 4 rings (SSSR count). The van der Waals surface area contributed by atoms with Crippen LogP contribution in [0.1, 0.15) is 50.0 Å². The lowest BCUT2D eigenvalue weighted by atomic mass is 9.62. The van der Waals surface area contributed by atoms with Gasteiger partial charge in [0.15, 0.2) is 0 Å². The zero-order chi connectivity index (χ0) is 14.8. The first-order chi connectivity index (χ1) is 10.9. The fourth-order valence-electron chi connectivity index (χ4n) is 4.59. The Morgan fingerprint density at radius 1 is 1.00 bits per heavy atom. The lowest BCUT2D eigenvalue weighted by molar-refractivity contribution is 0.0929. The second-order valence-corrected chi connectivity index (χ2v) is 6.88. The monoisotopic (exact) mass is 299 g/mol. The minimum absolute atomic E-state index is 0.0580. The van der Waals surface area contributed by atoms with Crippen LogP contribution in [0.5, 0.6) is 5.75 Å². The maximum absolute atomic E-state index is 5.80. The van der Waals surface area contributed by atoms with Gasteiger partial charge in [-0.25, -0.2) is 0 Å². The van der Waals surface area contributed by atoms with Crippen LogP contribution in [0.4, 0.5) is 0 Å². The SMILES string of the molecule is C1=CO[C@@H](COc2ccc(C3C4CCCC3CCC4)cc2)N1. The van der Waals surface area contributed by atoms with Gasteiger partial charge in [0, 0.05) is 6.20 Å². The summed E-state index contributed by atoms with van der Waals surface area (Å²) in [4.78, 5) is 0. The van der Waals surface area contributed by atoms with E-state index in [2.05, 4.69) is 29.6 Å². The molecule has 0 spiro atoms. The molecule has 3 aliphatic rings. The Kier molecular flexibility index (Phi) is 3.96. The highest BCUT2D eigenvalue weighted by Gasteiger charge is 2.36. The fourth-order valence-corrected chi connectivity index (χ4v) is 4.59. The molecule has 2 fully saturated rings. The molecule has 2 aliphatic carbocycles. The quantitative estimate of drug-likeness (QED) is 0.905. The number of rotatable bonds is 4. The van der Waals surface area contributed by atoms with Crippen LogP contribution in [-0.2, 0) is 4.74 Å². The third kappa shape index (κ3) is 2.81. The summed E-state index contributed by atoms with van der Waals surface area (Å²) in [7, 11) is 0. The standard InChI is InChI=1S/C19H25NO2/c1-3-14-5-2-6-15(4-1)19(14)16-7-9-17(10-8-16)22-13-18-20-11-12-21-18/h7-12,14-15,18-20H,1-6,13H2/t14?,15?,18-,19?/m0/s1. The summed E-state index contributed by atoms with van der Waals surface area (Å²) in [6, 6.07) is 8.83. The fraction of sp³-hybridized carbons (Fsp3) is 0.579. The molecule has 2 bridgehead atoms. The average molecular weight is 299 g/mol. The van der Waals surface area contributed by atoms with Crippen LogP contribution in [0.15, 0.2) is 36.7 Å². The van der Waals surface area contributed by atoms with Crippen molar-refractivity contribution in [1.82, 2.24) is 5.32 Å². The van der Waals surface area contributed by atoms with E-state index in [9.17, 15) is 0 Å². The van der Waals surface area contributed by atoms with E-state index >= 15 is 0 Å². The minimum atomic E-state index is -0.0580. The summed E-state index contributed by atoms with van der Waals surface area (Å²) >= 11 is 0. The van der Waals surface area contributed by atoms with E-state index in [1.165, 1.54) is 44.1 Å². The van der Waals surface area contributed by atoms with Crippen molar-refractivity contribution in [3.8, 4) is 5.75 Å². The van der Waals surface area contributed by atoms with Crippen molar-refractivity contribution in [1.29, 1.82) is 0 Å². The van der Waals surface area contributed by atoms with Gasteiger partial charge in [-0.15, -0.1) is 0 Å². The highest BCUT2D eigenvalue weighted by molar-refractivity contribution is 5.31. The van der Waals surface area contributed by atoms with Crippen LogP contribution in [-0.4, -0.2) is 12.8 Å². The van der Waals surface area contributed by atoms with Gasteiger partial charge in [0.05, 0.1) is 0 Å². The van der Waals surface area contributed by atoms with E-state index in [1.807, 2.05) is 0 Å². The number of hydrogen-bond acceptors (Lipinski definition) is 3. The summed E-state index contributed by atoms with van der Waals surface area (Å²) in [5.74, 6) is 3.56. The Morgan fingerprint density at radius 3 is 2.27 bits per heavy atom. The molecule has 0 aromatic heterocycles. The molecule has 3 heteroatoms. The molecule has 1 aliphatic heterocycles. The van der Waals surface area contributed by atoms with Gasteiger partial charge >= 0.3 is 0 Å². The third-order valence-electron chi connectivity index (χ3n) is 5.57. The first-order valence-corrected chi connectivity index (χ1v) is 8.69. The maximum atomic E-state index is 5.80. The van der Waals surface area contributed by atoms with Crippen LogP contribution in [0.25, 0.3) is 0 Å².